The van der Waals surface area contributed by atoms with E-state index < -0.39 is 0 Å². The Morgan fingerprint density at radius 3 is 1.98 bits per heavy atom. The van der Waals surface area contributed by atoms with E-state index in [1.807, 2.05) is 0 Å². The van der Waals surface area contributed by atoms with Crippen molar-refractivity contribution in [2.45, 2.75) is 57.5 Å². The molecule has 3 heterocycles. The molecule has 5 aromatic rings. The van der Waals surface area contributed by atoms with Crippen LogP contribution in [0.5, 0.6) is 0 Å². The highest BCUT2D eigenvalue weighted by Crippen LogP contribution is 2.55. The first-order valence-corrected chi connectivity index (χ1v) is 16.0. The summed E-state index contributed by atoms with van der Waals surface area (Å²) in [6, 6.07) is 43.2. The molecule has 1 aliphatic carbocycles. The summed E-state index contributed by atoms with van der Waals surface area (Å²) in [6.07, 6.45) is 6.58. The molecule has 43 heavy (non-hydrogen) atoms. The van der Waals surface area contributed by atoms with Crippen LogP contribution in [0.2, 0.25) is 0 Å². The first-order valence-electron chi connectivity index (χ1n) is 16.0. The summed E-state index contributed by atoms with van der Waals surface area (Å²) in [5.74, 6) is 0.608. The Labute approximate surface area is 255 Å². The summed E-state index contributed by atoms with van der Waals surface area (Å²) < 4.78 is 0. The Balaban J connectivity index is 1.38. The summed E-state index contributed by atoms with van der Waals surface area (Å²) in [7, 11) is 0. The molecule has 9 rings (SSSR count). The number of hydrogen-bond acceptors (Lipinski definition) is 3. The van der Waals surface area contributed by atoms with Gasteiger partial charge in [-0.15, -0.1) is 0 Å². The minimum Gasteiger partial charge on any atom is -0.317 e. The van der Waals surface area contributed by atoms with Gasteiger partial charge in [0.1, 0.15) is 5.66 Å². The standard InChI is InChI=1S/C39H36BN3/c1-39(2)42(30-19-10-5-11-20-30)34-24-14-22-32-38(34)43(39)36-26-28(27-15-6-3-7-16-27)25-35-37(36)40(32)31-21-12-13-23-33(31)41(35)29-17-8-4-9-18-29/h4-5,8-14,17-27H,3,6-7,15-16H2,1-2H3. The summed E-state index contributed by atoms with van der Waals surface area (Å²) in [5.41, 5.74) is 14.6. The first kappa shape index (κ1) is 25.1. The second-order valence-electron chi connectivity index (χ2n) is 13.2. The SMILES string of the molecule is CC1(C)N(c2ccccc2)c2cccc3c2N1c1cc(C2CCCCC2)cc2c1B3c1ccccc1N2c1ccccc1. The lowest BCUT2D eigenvalue weighted by Gasteiger charge is -2.47. The van der Waals surface area contributed by atoms with Crippen LogP contribution in [0, 0.1) is 0 Å². The number of benzene rings is 5. The van der Waals surface area contributed by atoms with Crippen LogP contribution < -0.4 is 31.1 Å². The fourth-order valence-electron chi connectivity index (χ4n) is 8.70. The maximum absolute atomic E-state index is 2.68. The predicted octanol–water partition coefficient (Wildman–Crippen LogP) is 8.37. The van der Waals surface area contributed by atoms with Crippen molar-refractivity contribution in [3.8, 4) is 0 Å². The molecule has 4 aliphatic rings. The zero-order valence-corrected chi connectivity index (χ0v) is 25.0. The highest BCUT2D eigenvalue weighted by molar-refractivity contribution is 7.00. The van der Waals surface area contributed by atoms with Crippen molar-refractivity contribution in [1.29, 1.82) is 0 Å². The lowest BCUT2D eigenvalue weighted by Crippen LogP contribution is -2.63. The lowest BCUT2D eigenvalue weighted by atomic mass is 9.33. The molecule has 3 nitrogen and oxygen atoms in total. The van der Waals surface area contributed by atoms with Crippen LogP contribution in [-0.2, 0) is 0 Å². The van der Waals surface area contributed by atoms with E-state index >= 15 is 0 Å². The third-order valence-electron chi connectivity index (χ3n) is 10.4. The van der Waals surface area contributed by atoms with Gasteiger partial charge in [-0.05, 0) is 103 Å². The summed E-state index contributed by atoms with van der Waals surface area (Å²) in [6.45, 7) is 4.98. The summed E-state index contributed by atoms with van der Waals surface area (Å²) >= 11 is 0. The van der Waals surface area contributed by atoms with E-state index in [1.165, 1.54) is 93.9 Å². The van der Waals surface area contributed by atoms with Gasteiger partial charge in [-0.2, -0.15) is 0 Å². The van der Waals surface area contributed by atoms with Crippen LogP contribution in [0.25, 0.3) is 0 Å². The van der Waals surface area contributed by atoms with Crippen molar-refractivity contribution in [3.05, 3.63) is 121 Å². The fraction of sp³-hybridized carbons (Fsp3) is 0.231. The first-order chi connectivity index (χ1) is 21.1. The molecule has 3 aliphatic heterocycles. The smallest absolute Gasteiger partial charge is 0.252 e. The lowest BCUT2D eigenvalue weighted by molar-refractivity contribution is 0.443. The molecular formula is C39H36BN3. The second-order valence-corrected chi connectivity index (χ2v) is 13.2. The maximum atomic E-state index is 2.68. The van der Waals surface area contributed by atoms with E-state index in [9.17, 15) is 0 Å². The summed E-state index contributed by atoms with van der Waals surface area (Å²) in [5, 5.41) is 0. The van der Waals surface area contributed by atoms with E-state index in [2.05, 4.69) is 144 Å². The zero-order chi connectivity index (χ0) is 28.7. The van der Waals surface area contributed by atoms with Gasteiger partial charge in [0.15, 0.2) is 0 Å². The number of rotatable bonds is 3. The van der Waals surface area contributed by atoms with E-state index in [0.717, 1.165) is 0 Å². The van der Waals surface area contributed by atoms with E-state index in [-0.39, 0.29) is 12.4 Å². The molecule has 0 saturated heterocycles. The van der Waals surface area contributed by atoms with Crippen molar-refractivity contribution in [2.75, 3.05) is 14.7 Å². The van der Waals surface area contributed by atoms with Crippen LogP contribution in [0.4, 0.5) is 39.8 Å². The quantitative estimate of drug-likeness (QED) is 0.203. The number of anilines is 7. The third kappa shape index (κ3) is 3.50. The monoisotopic (exact) mass is 557 g/mol. The Morgan fingerprint density at radius 1 is 0.581 bits per heavy atom. The van der Waals surface area contributed by atoms with Crippen molar-refractivity contribution in [1.82, 2.24) is 0 Å². The van der Waals surface area contributed by atoms with E-state index in [4.69, 9.17) is 0 Å². The van der Waals surface area contributed by atoms with Gasteiger partial charge in [0.2, 0.25) is 0 Å². The van der Waals surface area contributed by atoms with Crippen molar-refractivity contribution in [3.63, 3.8) is 0 Å². The Morgan fingerprint density at radius 2 is 1.21 bits per heavy atom. The Hall–Kier alpha value is -4.44. The molecule has 4 heteroatoms. The van der Waals surface area contributed by atoms with Crippen LogP contribution in [0.3, 0.4) is 0 Å². The molecule has 0 amide bonds. The van der Waals surface area contributed by atoms with Crippen LogP contribution in [0.1, 0.15) is 57.4 Å². The van der Waals surface area contributed by atoms with Gasteiger partial charge in [-0.3, -0.25) is 0 Å². The van der Waals surface area contributed by atoms with Gasteiger partial charge in [0.05, 0.1) is 11.4 Å². The second kappa shape index (κ2) is 9.28. The van der Waals surface area contributed by atoms with Gasteiger partial charge in [-0.25, -0.2) is 0 Å². The average Bonchev–Trinajstić information content (AvgIpc) is 3.30. The van der Waals surface area contributed by atoms with Crippen LogP contribution in [0.15, 0.2) is 115 Å². The Kier molecular flexibility index (Phi) is 5.42. The van der Waals surface area contributed by atoms with Gasteiger partial charge in [0, 0.05) is 28.4 Å². The zero-order valence-electron chi connectivity index (χ0n) is 25.0. The normalized spacial score (nSPS) is 17.9. The molecule has 0 spiro atoms. The number of para-hydroxylation sites is 4. The van der Waals surface area contributed by atoms with Crippen molar-refractivity contribution >= 4 is 62.9 Å². The summed E-state index contributed by atoms with van der Waals surface area (Å²) in [4.78, 5) is 7.79. The molecule has 210 valence electrons. The van der Waals surface area contributed by atoms with E-state index in [0.29, 0.717) is 5.92 Å². The van der Waals surface area contributed by atoms with Gasteiger partial charge < -0.3 is 14.7 Å². The predicted molar refractivity (Wildman–Crippen MR) is 183 cm³/mol. The molecule has 1 saturated carbocycles. The minimum absolute atomic E-state index is 0.180. The van der Waals surface area contributed by atoms with Crippen molar-refractivity contribution in [2.24, 2.45) is 0 Å². The molecular weight excluding hydrogens is 521 g/mol. The number of nitrogens with zero attached hydrogens (tertiary/aromatic N) is 3. The third-order valence-corrected chi connectivity index (χ3v) is 10.4. The van der Waals surface area contributed by atoms with Gasteiger partial charge in [-0.1, -0.05) is 86.0 Å². The van der Waals surface area contributed by atoms with Gasteiger partial charge in [0.25, 0.3) is 6.71 Å². The highest BCUT2D eigenvalue weighted by Gasteiger charge is 2.52. The average molecular weight is 558 g/mol. The molecule has 0 radical (unpaired) electrons. The number of hydrogen-bond donors (Lipinski definition) is 0. The largest absolute Gasteiger partial charge is 0.317 e. The van der Waals surface area contributed by atoms with E-state index in [1.54, 1.807) is 0 Å². The topological polar surface area (TPSA) is 9.72 Å². The van der Waals surface area contributed by atoms with Crippen LogP contribution >= 0.6 is 0 Å². The van der Waals surface area contributed by atoms with Crippen LogP contribution in [-0.4, -0.2) is 12.4 Å². The molecule has 0 atom stereocenters. The molecule has 1 fully saturated rings. The minimum atomic E-state index is -0.293. The molecule has 0 unspecified atom stereocenters. The molecule has 0 bridgehead atoms. The fourth-order valence-corrected chi connectivity index (χ4v) is 8.70. The number of fused-ring (bicyclic) bond motifs is 4. The molecule has 0 N–H and O–H groups in total. The Bertz CT molecular complexity index is 1860. The maximum Gasteiger partial charge on any atom is 0.252 e. The highest BCUT2D eigenvalue weighted by atomic mass is 15.5. The van der Waals surface area contributed by atoms with Gasteiger partial charge >= 0.3 is 0 Å². The van der Waals surface area contributed by atoms with Crippen molar-refractivity contribution < 1.29 is 0 Å². The molecule has 5 aromatic carbocycles. The molecule has 0 aromatic heterocycles.